The van der Waals surface area contributed by atoms with Gasteiger partial charge in [0.2, 0.25) is 0 Å². The van der Waals surface area contributed by atoms with Crippen molar-refractivity contribution in [3.63, 3.8) is 0 Å². The highest BCUT2D eigenvalue weighted by Crippen LogP contribution is 2.48. The van der Waals surface area contributed by atoms with E-state index >= 15 is 0 Å². The molecule has 2 unspecified atom stereocenters. The molecule has 0 spiro atoms. The summed E-state index contributed by atoms with van der Waals surface area (Å²) in [4.78, 5) is 0. The topological polar surface area (TPSA) is 0 Å². The fourth-order valence-corrected chi connectivity index (χ4v) is 2.95. The predicted octanol–water partition coefficient (Wildman–Crippen LogP) is 4.75. The molecular formula is C15H17Cl. The Kier molecular flexibility index (Phi) is 3.20. The van der Waals surface area contributed by atoms with Crippen LogP contribution in [0.2, 0.25) is 0 Å². The van der Waals surface area contributed by atoms with E-state index in [0.717, 1.165) is 6.42 Å². The maximum Gasteiger partial charge on any atom is 0.0594 e. The number of rotatable bonds is 3. The first kappa shape index (κ1) is 11.5. The number of halogens is 1. The van der Waals surface area contributed by atoms with E-state index in [9.17, 15) is 0 Å². The van der Waals surface area contributed by atoms with Crippen LogP contribution >= 0.6 is 11.6 Å². The minimum Gasteiger partial charge on any atom is -0.118 e. The molecule has 0 aliphatic heterocycles. The van der Waals surface area contributed by atoms with E-state index < -0.39 is 0 Å². The van der Waals surface area contributed by atoms with Gasteiger partial charge in [0.05, 0.1) is 5.38 Å². The van der Waals surface area contributed by atoms with Gasteiger partial charge in [-0.15, -0.1) is 24.8 Å². The molecule has 0 saturated carbocycles. The molecule has 84 valence electrons. The molecule has 0 nitrogen and oxygen atoms in total. The zero-order chi connectivity index (χ0) is 11.7. The Morgan fingerprint density at radius 3 is 2.62 bits per heavy atom. The fourth-order valence-electron chi connectivity index (χ4n) is 2.57. The van der Waals surface area contributed by atoms with Crippen LogP contribution in [-0.4, -0.2) is 0 Å². The van der Waals surface area contributed by atoms with Gasteiger partial charge >= 0.3 is 0 Å². The van der Waals surface area contributed by atoms with Crippen LogP contribution in [0.5, 0.6) is 0 Å². The van der Waals surface area contributed by atoms with Crippen molar-refractivity contribution in [1.82, 2.24) is 0 Å². The van der Waals surface area contributed by atoms with Gasteiger partial charge in [-0.05, 0) is 30.4 Å². The lowest BCUT2D eigenvalue weighted by Gasteiger charge is -2.17. The van der Waals surface area contributed by atoms with E-state index in [-0.39, 0.29) is 5.38 Å². The van der Waals surface area contributed by atoms with E-state index in [0.29, 0.717) is 11.8 Å². The number of hydrogen-bond acceptors (Lipinski definition) is 0. The quantitative estimate of drug-likeness (QED) is 0.521. The van der Waals surface area contributed by atoms with Crippen LogP contribution in [0.25, 0.3) is 0 Å². The predicted molar refractivity (Wildman–Crippen MR) is 71.0 cm³/mol. The van der Waals surface area contributed by atoms with Gasteiger partial charge in [0, 0.05) is 5.92 Å². The number of benzene rings is 1. The summed E-state index contributed by atoms with van der Waals surface area (Å²) in [5, 5.41) is 0.141. The molecule has 1 aromatic carbocycles. The van der Waals surface area contributed by atoms with Gasteiger partial charge in [-0.25, -0.2) is 0 Å². The second kappa shape index (κ2) is 4.47. The Bertz CT molecular complexity index is 411. The van der Waals surface area contributed by atoms with Gasteiger partial charge in [0.15, 0.2) is 0 Å². The third-order valence-electron chi connectivity index (χ3n) is 3.45. The number of allylic oxidation sites excluding steroid dienone is 2. The van der Waals surface area contributed by atoms with Crippen molar-refractivity contribution in [2.24, 2.45) is 5.92 Å². The Labute approximate surface area is 103 Å². The molecule has 2 rings (SSSR count). The van der Waals surface area contributed by atoms with Crippen molar-refractivity contribution < 1.29 is 0 Å². The molecule has 0 bridgehead atoms. The monoisotopic (exact) mass is 232 g/mol. The number of fused-ring (bicyclic) bond motifs is 1. The molecule has 0 aromatic heterocycles. The molecule has 1 aromatic rings. The molecule has 0 radical (unpaired) electrons. The highest BCUT2D eigenvalue weighted by atomic mass is 35.5. The van der Waals surface area contributed by atoms with Crippen LogP contribution in [0, 0.1) is 12.8 Å². The minimum atomic E-state index is 0.141. The van der Waals surface area contributed by atoms with Crippen molar-refractivity contribution in [2.45, 2.75) is 24.6 Å². The largest absolute Gasteiger partial charge is 0.118 e. The Morgan fingerprint density at radius 1 is 1.31 bits per heavy atom. The van der Waals surface area contributed by atoms with Crippen molar-refractivity contribution in [2.75, 3.05) is 0 Å². The Balaban J connectivity index is 2.42. The zero-order valence-electron chi connectivity index (χ0n) is 9.62. The molecule has 0 amide bonds. The van der Waals surface area contributed by atoms with Gasteiger partial charge in [-0.2, -0.15) is 0 Å². The van der Waals surface area contributed by atoms with E-state index in [4.69, 9.17) is 11.6 Å². The van der Waals surface area contributed by atoms with Crippen LogP contribution in [0.1, 0.15) is 34.4 Å². The first-order valence-electron chi connectivity index (χ1n) is 5.67. The van der Waals surface area contributed by atoms with Crippen LogP contribution in [0.4, 0.5) is 0 Å². The second-order valence-electron chi connectivity index (χ2n) is 4.49. The van der Waals surface area contributed by atoms with E-state index in [2.05, 4.69) is 38.3 Å². The van der Waals surface area contributed by atoms with Gasteiger partial charge in [0.25, 0.3) is 0 Å². The minimum absolute atomic E-state index is 0.141. The van der Waals surface area contributed by atoms with E-state index in [1.54, 1.807) is 0 Å². The molecular weight excluding hydrogens is 216 g/mol. The third-order valence-corrected chi connectivity index (χ3v) is 3.86. The summed E-state index contributed by atoms with van der Waals surface area (Å²) >= 11 is 6.40. The van der Waals surface area contributed by atoms with E-state index in [1.165, 1.54) is 16.7 Å². The molecule has 0 heterocycles. The molecule has 2 atom stereocenters. The molecule has 0 N–H and O–H groups in total. The molecule has 0 saturated heterocycles. The number of alkyl halides is 1. The van der Waals surface area contributed by atoms with Crippen molar-refractivity contribution in [3.05, 3.63) is 60.2 Å². The third kappa shape index (κ3) is 1.82. The highest BCUT2D eigenvalue weighted by Gasteiger charge is 2.32. The molecule has 16 heavy (non-hydrogen) atoms. The van der Waals surface area contributed by atoms with Gasteiger partial charge < -0.3 is 0 Å². The van der Waals surface area contributed by atoms with Crippen LogP contribution < -0.4 is 0 Å². The smallest absolute Gasteiger partial charge is 0.0594 e. The molecule has 1 aliphatic rings. The SMILES string of the molecule is C=CC(C=C)C1CC(Cl)c2cc(C)ccc21. The summed E-state index contributed by atoms with van der Waals surface area (Å²) in [5.74, 6) is 0.776. The standard InChI is InChI=1S/C15H17Cl/c1-4-11(5-2)13-9-15(16)14-8-10(3)6-7-12(13)14/h4-8,11,13,15H,1-2,9H2,3H3. The lowest BCUT2D eigenvalue weighted by Crippen LogP contribution is -2.04. The van der Waals surface area contributed by atoms with Crippen LogP contribution in [0.3, 0.4) is 0 Å². The average Bonchev–Trinajstić information content (AvgIpc) is 2.58. The highest BCUT2D eigenvalue weighted by molar-refractivity contribution is 6.21. The fraction of sp³-hybridized carbons (Fsp3) is 0.333. The summed E-state index contributed by atoms with van der Waals surface area (Å²) in [6.45, 7) is 9.86. The molecule has 1 heteroatoms. The summed E-state index contributed by atoms with van der Waals surface area (Å²) < 4.78 is 0. The van der Waals surface area contributed by atoms with Crippen molar-refractivity contribution >= 4 is 11.6 Å². The van der Waals surface area contributed by atoms with Crippen molar-refractivity contribution in [3.8, 4) is 0 Å². The van der Waals surface area contributed by atoms with Gasteiger partial charge in [-0.3, -0.25) is 0 Å². The molecule has 0 fully saturated rings. The summed E-state index contributed by atoms with van der Waals surface area (Å²) in [7, 11) is 0. The van der Waals surface area contributed by atoms with Crippen molar-refractivity contribution in [1.29, 1.82) is 0 Å². The maximum atomic E-state index is 6.40. The second-order valence-corrected chi connectivity index (χ2v) is 5.02. The summed E-state index contributed by atoms with van der Waals surface area (Å²) in [5.41, 5.74) is 3.94. The first-order valence-corrected chi connectivity index (χ1v) is 6.10. The lowest BCUT2D eigenvalue weighted by molar-refractivity contribution is 0.583. The summed E-state index contributed by atoms with van der Waals surface area (Å²) in [6, 6.07) is 6.57. The van der Waals surface area contributed by atoms with Gasteiger partial charge in [-0.1, -0.05) is 35.9 Å². The lowest BCUT2D eigenvalue weighted by atomic mass is 9.87. The van der Waals surface area contributed by atoms with Crippen LogP contribution in [-0.2, 0) is 0 Å². The van der Waals surface area contributed by atoms with E-state index in [1.807, 2.05) is 12.2 Å². The number of hydrogen-bond donors (Lipinski definition) is 0. The first-order chi connectivity index (χ1) is 7.67. The normalized spacial score (nSPS) is 23.2. The summed E-state index contributed by atoms with van der Waals surface area (Å²) in [6.07, 6.45) is 4.93. The zero-order valence-corrected chi connectivity index (χ0v) is 10.4. The average molecular weight is 233 g/mol. The van der Waals surface area contributed by atoms with Crippen LogP contribution in [0.15, 0.2) is 43.5 Å². The Morgan fingerprint density at radius 2 is 2.00 bits per heavy atom. The molecule has 1 aliphatic carbocycles. The maximum absolute atomic E-state index is 6.40. The Hall–Kier alpha value is -1.01. The number of aryl methyl sites for hydroxylation is 1. The van der Waals surface area contributed by atoms with Gasteiger partial charge in [0.1, 0.15) is 0 Å².